The van der Waals surface area contributed by atoms with Crippen molar-refractivity contribution in [1.82, 2.24) is 0 Å². The molecule has 0 bridgehead atoms. The molecule has 3 aromatic rings. The quantitative estimate of drug-likeness (QED) is 0.481. The SMILES string of the molecule is CCC(Oc1cc(C)cc(C)c1)C(=O)Nc1cc(Cl)ccc1Oc1ccccc1. The van der Waals surface area contributed by atoms with Gasteiger partial charge in [-0.05, 0) is 73.9 Å². The van der Waals surface area contributed by atoms with Crippen molar-refractivity contribution in [2.24, 2.45) is 0 Å². The number of hydrogen-bond donors (Lipinski definition) is 1. The van der Waals surface area contributed by atoms with Gasteiger partial charge in [-0.15, -0.1) is 0 Å². The minimum absolute atomic E-state index is 0.258. The Kier molecular flexibility index (Phi) is 6.78. The summed E-state index contributed by atoms with van der Waals surface area (Å²) >= 11 is 6.14. The monoisotopic (exact) mass is 409 g/mol. The van der Waals surface area contributed by atoms with Crippen LogP contribution in [0.2, 0.25) is 5.02 Å². The molecule has 4 nitrogen and oxygen atoms in total. The first kappa shape index (κ1) is 20.7. The van der Waals surface area contributed by atoms with Gasteiger partial charge in [0.25, 0.3) is 5.91 Å². The zero-order valence-corrected chi connectivity index (χ0v) is 17.5. The number of ether oxygens (including phenoxy) is 2. The van der Waals surface area contributed by atoms with Gasteiger partial charge in [0, 0.05) is 5.02 Å². The molecule has 0 fully saturated rings. The van der Waals surface area contributed by atoms with Crippen molar-refractivity contribution in [3.05, 3.63) is 82.9 Å². The fourth-order valence-corrected chi connectivity index (χ4v) is 3.18. The molecule has 0 saturated carbocycles. The highest BCUT2D eigenvalue weighted by molar-refractivity contribution is 6.31. The second-order valence-corrected chi connectivity index (χ2v) is 7.32. The van der Waals surface area contributed by atoms with Gasteiger partial charge in [0.05, 0.1) is 5.69 Å². The van der Waals surface area contributed by atoms with E-state index in [1.165, 1.54) is 0 Å². The molecule has 0 aliphatic rings. The van der Waals surface area contributed by atoms with E-state index in [1.54, 1.807) is 18.2 Å². The minimum atomic E-state index is -0.639. The Bertz CT molecular complexity index is 968. The van der Waals surface area contributed by atoms with Gasteiger partial charge >= 0.3 is 0 Å². The zero-order chi connectivity index (χ0) is 20.8. The Morgan fingerprint density at radius 3 is 2.31 bits per heavy atom. The third kappa shape index (κ3) is 5.75. The van der Waals surface area contributed by atoms with E-state index in [0.717, 1.165) is 11.1 Å². The second kappa shape index (κ2) is 9.48. The highest BCUT2D eigenvalue weighted by Crippen LogP contribution is 2.32. The number of anilines is 1. The summed E-state index contributed by atoms with van der Waals surface area (Å²) in [6.07, 6.45) is -0.117. The smallest absolute Gasteiger partial charge is 0.265 e. The fraction of sp³-hybridized carbons (Fsp3) is 0.208. The number of halogens is 1. The molecule has 0 aromatic heterocycles. The molecular weight excluding hydrogens is 386 g/mol. The predicted octanol–water partition coefficient (Wildman–Crippen LogP) is 6.55. The average molecular weight is 410 g/mol. The molecule has 1 unspecified atom stereocenters. The van der Waals surface area contributed by atoms with Gasteiger partial charge in [0.15, 0.2) is 11.9 Å². The maximum Gasteiger partial charge on any atom is 0.265 e. The number of hydrogen-bond acceptors (Lipinski definition) is 3. The molecule has 1 atom stereocenters. The van der Waals surface area contributed by atoms with Crippen LogP contribution in [0.1, 0.15) is 24.5 Å². The summed E-state index contributed by atoms with van der Waals surface area (Å²) in [5.74, 6) is 1.60. The first-order valence-corrected chi connectivity index (χ1v) is 9.90. The number of aryl methyl sites for hydroxylation is 2. The maximum absolute atomic E-state index is 12.9. The van der Waals surface area contributed by atoms with Crippen molar-refractivity contribution in [1.29, 1.82) is 0 Å². The zero-order valence-electron chi connectivity index (χ0n) is 16.7. The Hall–Kier alpha value is -2.98. The Balaban J connectivity index is 1.78. The highest BCUT2D eigenvalue weighted by atomic mass is 35.5. The molecule has 1 N–H and O–H groups in total. The van der Waals surface area contributed by atoms with Gasteiger partial charge in [0.2, 0.25) is 0 Å². The first-order chi connectivity index (χ1) is 13.9. The standard InChI is InChI=1S/C24H24ClNO3/c1-4-22(29-20-13-16(2)12-17(3)14-20)24(27)26-21-15-18(25)10-11-23(21)28-19-8-6-5-7-9-19/h5-15,22H,4H2,1-3H3,(H,26,27). The summed E-state index contributed by atoms with van der Waals surface area (Å²) < 4.78 is 11.9. The molecule has 3 aromatic carbocycles. The molecule has 29 heavy (non-hydrogen) atoms. The average Bonchev–Trinajstić information content (AvgIpc) is 2.68. The van der Waals surface area contributed by atoms with Crippen LogP contribution in [-0.2, 0) is 4.79 Å². The van der Waals surface area contributed by atoms with Crippen LogP contribution in [0.3, 0.4) is 0 Å². The van der Waals surface area contributed by atoms with Gasteiger partial charge in [-0.3, -0.25) is 4.79 Å². The third-order valence-corrected chi connectivity index (χ3v) is 4.54. The Morgan fingerprint density at radius 1 is 0.966 bits per heavy atom. The summed E-state index contributed by atoms with van der Waals surface area (Å²) in [6, 6.07) is 20.4. The van der Waals surface area contributed by atoms with Crippen molar-refractivity contribution in [3.63, 3.8) is 0 Å². The Labute approximate surface area is 176 Å². The number of carbonyl (C=O) groups excluding carboxylic acids is 1. The lowest BCUT2D eigenvalue weighted by molar-refractivity contribution is -0.122. The first-order valence-electron chi connectivity index (χ1n) is 9.53. The molecule has 0 aliphatic carbocycles. The summed E-state index contributed by atoms with van der Waals surface area (Å²) in [5, 5.41) is 3.40. The van der Waals surface area contributed by atoms with Crippen LogP contribution in [0.25, 0.3) is 0 Å². The van der Waals surface area contributed by atoms with Crippen molar-refractivity contribution in [3.8, 4) is 17.2 Å². The lowest BCUT2D eigenvalue weighted by Gasteiger charge is -2.19. The molecular formula is C24H24ClNO3. The largest absolute Gasteiger partial charge is 0.481 e. The van der Waals surface area contributed by atoms with Crippen LogP contribution in [0.4, 0.5) is 5.69 Å². The predicted molar refractivity (Wildman–Crippen MR) is 117 cm³/mol. The van der Waals surface area contributed by atoms with Gasteiger partial charge < -0.3 is 14.8 Å². The molecule has 0 radical (unpaired) electrons. The summed E-state index contributed by atoms with van der Waals surface area (Å²) in [7, 11) is 0. The van der Waals surface area contributed by atoms with Crippen molar-refractivity contribution < 1.29 is 14.3 Å². The van der Waals surface area contributed by atoms with E-state index in [4.69, 9.17) is 21.1 Å². The molecule has 0 aliphatic heterocycles. The molecule has 150 valence electrons. The number of amides is 1. The fourth-order valence-electron chi connectivity index (χ4n) is 3.01. The Morgan fingerprint density at radius 2 is 1.66 bits per heavy atom. The van der Waals surface area contributed by atoms with Crippen LogP contribution < -0.4 is 14.8 Å². The maximum atomic E-state index is 12.9. The van der Waals surface area contributed by atoms with E-state index in [2.05, 4.69) is 11.4 Å². The van der Waals surface area contributed by atoms with E-state index < -0.39 is 6.10 Å². The number of para-hydroxylation sites is 1. The number of carbonyl (C=O) groups is 1. The number of nitrogens with one attached hydrogen (secondary N) is 1. The molecule has 1 amide bonds. The van der Waals surface area contributed by atoms with E-state index in [-0.39, 0.29) is 5.91 Å². The normalized spacial score (nSPS) is 11.6. The van der Waals surface area contributed by atoms with E-state index >= 15 is 0 Å². The molecule has 0 saturated heterocycles. The van der Waals surface area contributed by atoms with Crippen LogP contribution in [0, 0.1) is 13.8 Å². The van der Waals surface area contributed by atoms with E-state index in [9.17, 15) is 4.79 Å². The molecule has 0 heterocycles. The van der Waals surface area contributed by atoms with Gasteiger partial charge in [-0.2, -0.15) is 0 Å². The topological polar surface area (TPSA) is 47.6 Å². The molecule has 0 spiro atoms. The van der Waals surface area contributed by atoms with Crippen molar-refractivity contribution >= 4 is 23.2 Å². The summed E-state index contributed by atoms with van der Waals surface area (Å²) in [5.41, 5.74) is 2.67. The third-order valence-electron chi connectivity index (χ3n) is 4.31. The summed E-state index contributed by atoms with van der Waals surface area (Å²) in [6.45, 7) is 5.91. The van der Waals surface area contributed by atoms with Gasteiger partial charge in [-0.25, -0.2) is 0 Å². The number of benzene rings is 3. The van der Waals surface area contributed by atoms with Crippen LogP contribution in [-0.4, -0.2) is 12.0 Å². The lowest BCUT2D eigenvalue weighted by atomic mass is 10.1. The highest BCUT2D eigenvalue weighted by Gasteiger charge is 2.20. The summed E-state index contributed by atoms with van der Waals surface area (Å²) in [4.78, 5) is 12.9. The van der Waals surface area contributed by atoms with Gasteiger partial charge in [-0.1, -0.05) is 42.8 Å². The molecule has 5 heteroatoms. The van der Waals surface area contributed by atoms with Crippen molar-refractivity contribution in [2.75, 3.05) is 5.32 Å². The van der Waals surface area contributed by atoms with Crippen LogP contribution in [0.5, 0.6) is 17.2 Å². The van der Waals surface area contributed by atoms with E-state index in [1.807, 2.05) is 63.2 Å². The van der Waals surface area contributed by atoms with E-state index in [0.29, 0.717) is 34.4 Å². The minimum Gasteiger partial charge on any atom is -0.481 e. The van der Waals surface area contributed by atoms with Crippen LogP contribution in [0.15, 0.2) is 66.7 Å². The van der Waals surface area contributed by atoms with Crippen LogP contribution >= 0.6 is 11.6 Å². The van der Waals surface area contributed by atoms with Crippen molar-refractivity contribution in [2.45, 2.75) is 33.3 Å². The molecule has 3 rings (SSSR count). The van der Waals surface area contributed by atoms with Gasteiger partial charge in [0.1, 0.15) is 11.5 Å². The lowest BCUT2D eigenvalue weighted by Crippen LogP contribution is -2.32. The second-order valence-electron chi connectivity index (χ2n) is 6.88. The number of rotatable bonds is 7.